The minimum atomic E-state index is -1.46. The van der Waals surface area contributed by atoms with Crippen molar-refractivity contribution in [2.45, 2.75) is 64.6 Å². The van der Waals surface area contributed by atoms with Crippen LogP contribution >= 0.6 is 0 Å². The normalized spacial score (nSPS) is 18.0. The Labute approximate surface area is 132 Å². The molecule has 0 unspecified atom stereocenters. The second kappa shape index (κ2) is 6.66. The van der Waals surface area contributed by atoms with Gasteiger partial charge in [-0.15, -0.1) is 0 Å². The molecule has 0 spiro atoms. The SMILES string of the molecule is CC(C)[Si](CCCC1(C)COC1)(c1ccccc1)C(C)C. The molecule has 0 bridgehead atoms. The highest BCUT2D eigenvalue weighted by Crippen LogP contribution is 2.39. The number of benzene rings is 1. The molecule has 2 heteroatoms. The van der Waals surface area contributed by atoms with Crippen LogP contribution < -0.4 is 5.19 Å². The smallest absolute Gasteiger partial charge is 0.0917 e. The van der Waals surface area contributed by atoms with Crippen LogP contribution in [0.25, 0.3) is 0 Å². The second-order valence-electron chi connectivity index (χ2n) is 7.87. The molecule has 0 amide bonds. The van der Waals surface area contributed by atoms with Crippen molar-refractivity contribution in [1.82, 2.24) is 0 Å². The van der Waals surface area contributed by atoms with Gasteiger partial charge in [0, 0.05) is 5.41 Å². The van der Waals surface area contributed by atoms with Gasteiger partial charge >= 0.3 is 0 Å². The molecule has 1 fully saturated rings. The molecule has 0 aliphatic carbocycles. The number of ether oxygens (including phenoxy) is 1. The van der Waals surface area contributed by atoms with E-state index in [1.165, 1.54) is 18.9 Å². The van der Waals surface area contributed by atoms with Gasteiger partial charge in [0.05, 0.1) is 21.3 Å². The first-order chi connectivity index (χ1) is 9.91. The maximum Gasteiger partial charge on any atom is 0.0917 e. The maximum atomic E-state index is 5.41. The number of hydrogen-bond acceptors (Lipinski definition) is 1. The van der Waals surface area contributed by atoms with E-state index in [0.717, 1.165) is 24.3 Å². The quantitative estimate of drug-likeness (QED) is 0.646. The Hall–Kier alpha value is -0.603. The number of rotatable bonds is 7. The first-order valence-electron chi connectivity index (χ1n) is 8.54. The summed E-state index contributed by atoms with van der Waals surface area (Å²) in [4.78, 5) is 0. The van der Waals surface area contributed by atoms with Crippen molar-refractivity contribution < 1.29 is 4.74 Å². The molecule has 21 heavy (non-hydrogen) atoms. The lowest BCUT2D eigenvalue weighted by atomic mass is 9.84. The van der Waals surface area contributed by atoms with Gasteiger partial charge in [-0.05, 0) is 17.5 Å². The summed E-state index contributed by atoms with van der Waals surface area (Å²) >= 11 is 0. The fraction of sp³-hybridized carbons (Fsp3) is 0.684. The molecular weight excluding hydrogens is 272 g/mol. The molecule has 0 saturated carbocycles. The van der Waals surface area contributed by atoms with Crippen molar-refractivity contribution in [1.29, 1.82) is 0 Å². The summed E-state index contributed by atoms with van der Waals surface area (Å²) in [7, 11) is -1.46. The van der Waals surface area contributed by atoms with Gasteiger partial charge in [-0.1, -0.05) is 82.6 Å². The van der Waals surface area contributed by atoms with Crippen LogP contribution in [-0.4, -0.2) is 21.3 Å². The van der Waals surface area contributed by atoms with Crippen molar-refractivity contribution in [3.05, 3.63) is 30.3 Å². The van der Waals surface area contributed by atoms with E-state index >= 15 is 0 Å². The van der Waals surface area contributed by atoms with Gasteiger partial charge in [0.1, 0.15) is 0 Å². The monoisotopic (exact) mass is 304 g/mol. The van der Waals surface area contributed by atoms with Gasteiger partial charge in [0.25, 0.3) is 0 Å². The van der Waals surface area contributed by atoms with Crippen molar-refractivity contribution in [2.24, 2.45) is 5.41 Å². The minimum absolute atomic E-state index is 0.463. The molecule has 1 heterocycles. The topological polar surface area (TPSA) is 9.23 Å². The van der Waals surface area contributed by atoms with Crippen molar-refractivity contribution in [2.75, 3.05) is 13.2 Å². The van der Waals surface area contributed by atoms with Crippen LogP contribution in [0, 0.1) is 5.41 Å². The summed E-state index contributed by atoms with van der Waals surface area (Å²) in [6.07, 6.45) is 2.69. The fourth-order valence-corrected chi connectivity index (χ4v) is 9.89. The average molecular weight is 305 g/mol. The standard InChI is InChI=1S/C19H32OSi/c1-16(2)21(17(3)4,18-10-7-6-8-11-18)13-9-12-19(5)14-20-15-19/h6-8,10-11,16-17H,9,12-15H2,1-5H3. The summed E-state index contributed by atoms with van der Waals surface area (Å²) in [6, 6.07) is 12.8. The second-order valence-corrected chi connectivity index (χ2v) is 13.3. The van der Waals surface area contributed by atoms with Crippen LogP contribution in [0.1, 0.15) is 47.5 Å². The fourth-order valence-electron chi connectivity index (χ4n) is 4.21. The Balaban J connectivity index is 2.15. The van der Waals surface area contributed by atoms with E-state index in [2.05, 4.69) is 65.0 Å². The van der Waals surface area contributed by atoms with E-state index in [1.807, 2.05) is 0 Å². The van der Waals surface area contributed by atoms with E-state index in [4.69, 9.17) is 4.74 Å². The Morgan fingerprint density at radius 2 is 1.62 bits per heavy atom. The van der Waals surface area contributed by atoms with E-state index in [-0.39, 0.29) is 0 Å². The Bertz CT molecular complexity index is 426. The summed E-state index contributed by atoms with van der Waals surface area (Å²) < 4.78 is 5.41. The van der Waals surface area contributed by atoms with E-state index in [1.54, 1.807) is 5.19 Å². The van der Waals surface area contributed by atoms with E-state index < -0.39 is 8.07 Å². The molecule has 1 aromatic rings. The first kappa shape index (κ1) is 16.8. The molecule has 0 N–H and O–H groups in total. The highest BCUT2D eigenvalue weighted by molar-refractivity contribution is 6.94. The largest absolute Gasteiger partial charge is 0.380 e. The Morgan fingerprint density at radius 3 is 2.05 bits per heavy atom. The molecule has 118 valence electrons. The molecule has 0 radical (unpaired) electrons. The zero-order valence-electron chi connectivity index (χ0n) is 14.5. The molecule has 1 aromatic carbocycles. The number of hydrogen-bond donors (Lipinski definition) is 0. The predicted molar refractivity (Wildman–Crippen MR) is 95.0 cm³/mol. The molecule has 1 saturated heterocycles. The summed E-state index contributed by atoms with van der Waals surface area (Å²) in [6.45, 7) is 14.1. The Kier molecular flexibility index (Phi) is 5.32. The lowest BCUT2D eigenvalue weighted by molar-refractivity contribution is -0.105. The molecular formula is C19H32OSi. The van der Waals surface area contributed by atoms with Gasteiger partial charge in [0.2, 0.25) is 0 Å². The lowest BCUT2D eigenvalue weighted by Gasteiger charge is -2.42. The van der Waals surface area contributed by atoms with E-state index in [9.17, 15) is 0 Å². The summed E-state index contributed by atoms with van der Waals surface area (Å²) in [5.41, 5.74) is 2.06. The third-order valence-corrected chi connectivity index (χ3v) is 12.4. The predicted octanol–water partition coefficient (Wildman–Crippen LogP) is 4.98. The minimum Gasteiger partial charge on any atom is -0.380 e. The Morgan fingerprint density at radius 1 is 1.05 bits per heavy atom. The summed E-state index contributed by atoms with van der Waals surface area (Å²) in [5, 5.41) is 1.66. The van der Waals surface area contributed by atoms with Crippen molar-refractivity contribution in [3.63, 3.8) is 0 Å². The van der Waals surface area contributed by atoms with Gasteiger partial charge in [-0.25, -0.2) is 0 Å². The van der Waals surface area contributed by atoms with Crippen LogP contribution in [0.4, 0.5) is 0 Å². The molecule has 0 atom stereocenters. The third kappa shape index (κ3) is 3.43. The van der Waals surface area contributed by atoms with Crippen LogP contribution in [-0.2, 0) is 4.74 Å². The molecule has 1 aliphatic heterocycles. The highest BCUT2D eigenvalue weighted by Gasteiger charge is 2.42. The zero-order chi connectivity index (χ0) is 15.5. The van der Waals surface area contributed by atoms with Gasteiger partial charge < -0.3 is 4.74 Å². The summed E-state index contributed by atoms with van der Waals surface area (Å²) in [5.74, 6) is 0. The van der Waals surface area contributed by atoms with Gasteiger partial charge in [-0.2, -0.15) is 0 Å². The average Bonchev–Trinajstić information content (AvgIpc) is 2.42. The first-order valence-corrected chi connectivity index (χ1v) is 10.9. The van der Waals surface area contributed by atoms with Crippen molar-refractivity contribution >= 4 is 13.3 Å². The van der Waals surface area contributed by atoms with Crippen molar-refractivity contribution in [3.8, 4) is 0 Å². The molecule has 0 aromatic heterocycles. The molecule has 1 aliphatic rings. The zero-order valence-corrected chi connectivity index (χ0v) is 15.5. The van der Waals surface area contributed by atoms with Crippen LogP contribution in [0.15, 0.2) is 30.3 Å². The van der Waals surface area contributed by atoms with Gasteiger partial charge in [0.15, 0.2) is 0 Å². The molecule has 1 nitrogen and oxygen atoms in total. The van der Waals surface area contributed by atoms with Gasteiger partial charge in [-0.3, -0.25) is 0 Å². The highest BCUT2D eigenvalue weighted by atomic mass is 28.3. The third-order valence-electron chi connectivity index (χ3n) is 5.64. The van der Waals surface area contributed by atoms with Crippen LogP contribution in [0.2, 0.25) is 17.1 Å². The van der Waals surface area contributed by atoms with Crippen LogP contribution in [0.3, 0.4) is 0 Å². The maximum absolute atomic E-state index is 5.41. The van der Waals surface area contributed by atoms with E-state index in [0.29, 0.717) is 5.41 Å². The van der Waals surface area contributed by atoms with Crippen LogP contribution in [0.5, 0.6) is 0 Å². The molecule has 2 rings (SSSR count). The lowest BCUT2D eigenvalue weighted by Crippen LogP contribution is -2.53.